The van der Waals surface area contributed by atoms with Crippen molar-refractivity contribution >= 4 is 35.0 Å². The van der Waals surface area contributed by atoms with Gasteiger partial charge in [0.25, 0.3) is 5.56 Å². The molecule has 1 aliphatic heterocycles. The van der Waals surface area contributed by atoms with Gasteiger partial charge in [0.15, 0.2) is 4.80 Å². The van der Waals surface area contributed by atoms with Crippen molar-refractivity contribution in [2.75, 3.05) is 6.61 Å². The average molecular weight is 563 g/mol. The van der Waals surface area contributed by atoms with Crippen molar-refractivity contribution in [1.29, 1.82) is 0 Å². The third-order valence-electron chi connectivity index (χ3n) is 6.20. The minimum atomic E-state index is -0.785. The molecule has 5 rings (SSSR count). The van der Waals surface area contributed by atoms with E-state index < -0.39 is 17.8 Å². The Bertz CT molecular complexity index is 1720. The average Bonchev–Trinajstić information content (AvgIpc) is 3.23. The van der Waals surface area contributed by atoms with E-state index in [0.29, 0.717) is 38.0 Å². The number of halogens is 2. The van der Waals surface area contributed by atoms with Crippen LogP contribution in [0, 0.1) is 5.82 Å². The minimum Gasteiger partial charge on any atom is -0.489 e. The van der Waals surface area contributed by atoms with E-state index in [1.807, 2.05) is 48.5 Å². The number of rotatable bonds is 7. The fourth-order valence-electron chi connectivity index (χ4n) is 4.31. The van der Waals surface area contributed by atoms with Crippen molar-refractivity contribution in [2.45, 2.75) is 26.5 Å². The van der Waals surface area contributed by atoms with Crippen LogP contribution in [0.3, 0.4) is 0 Å². The zero-order chi connectivity index (χ0) is 27.5. The number of nitrogens with zero attached hydrogens (tertiary/aromatic N) is 2. The van der Waals surface area contributed by atoms with E-state index in [1.165, 1.54) is 28.0 Å². The summed E-state index contributed by atoms with van der Waals surface area (Å²) in [6, 6.07) is 19.8. The number of carbonyl (C=O) groups is 1. The number of aromatic nitrogens is 1. The maximum Gasteiger partial charge on any atom is 0.338 e. The van der Waals surface area contributed by atoms with Gasteiger partial charge in [0.05, 0.1) is 28.5 Å². The second kappa shape index (κ2) is 11.4. The second-order valence-corrected chi connectivity index (χ2v) is 10.3. The van der Waals surface area contributed by atoms with Crippen molar-refractivity contribution in [2.24, 2.45) is 4.99 Å². The van der Waals surface area contributed by atoms with E-state index in [4.69, 9.17) is 21.1 Å². The molecule has 198 valence electrons. The number of carbonyl (C=O) groups excluding carboxylic acids is 1. The lowest BCUT2D eigenvalue weighted by Gasteiger charge is -2.24. The molecule has 2 heterocycles. The van der Waals surface area contributed by atoms with E-state index in [0.717, 1.165) is 11.1 Å². The molecule has 0 N–H and O–H groups in total. The number of esters is 1. The molecule has 6 nitrogen and oxygen atoms in total. The maximum atomic E-state index is 13.7. The first-order valence-corrected chi connectivity index (χ1v) is 13.5. The smallest absolute Gasteiger partial charge is 0.338 e. The molecule has 0 bridgehead atoms. The molecule has 0 saturated carbocycles. The highest BCUT2D eigenvalue weighted by Crippen LogP contribution is 2.30. The number of fused-ring (bicyclic) bond motifs is 1. The topological polar surface area (TPSA) is 69.9 Å². The molecule has 0 fully saturated rings. The summed E-state index contributed by atoms with van der Waals surface area (Å²) in [5.74, 6) is -0.281. The molecular weight excluding hydrogens is 539 g/mol. The highest BCUT2D eigenvalue weighted by atomic mass is 35.5. The fraction of sp³-hybridized carbons (Fsp3) is 0.167. The van der Waals surface area contributed by atoms with Crippen LogP contribution in [0.15, 0.2) is 93.9 Å². The molecule has 0 amide bonds. The van der Waals surface area contributed by atoms with Crippen molar-refractivity contribution in [3.8, 4) is 5.75 Å². The zero-order valence-corrected chi connectivity index (χ0v) is 22.8. The molecule has 9 heteroatoms. The number of thiazole rings is 1. The van der Waals surface area contributed by atoms with Crippen LogP contribution in [-0.4, -0.2) is 17.1 Å². The number of hydrogen-bond acceptors (Lipinski definition) is 6. The molecule has 0 spiro atoms. The van der Waals surface area contributed by atoms with Gasteiger partial charge in [-0.2, -0.15) is 0 Å². The molecule has 0 aliphatic carbocycles. The lowest BCUT2D eigenvalue weighted by atomic mass is 9.96. The highest BCUT2D eigenvalue weighted by molar-refractivity contribution is 7.07. The number of benzene rings is 3. The van der Waals surface area contributed by atoms with E-state index in [2.05, 4.69) is 4.99 Å². The van der Waals surface area contributed by atoms with Crippen LogP contribution in [0.5, 0.6) is 5.75 Å². The first-order chi connectivity index (χ1) is 18.8. The highest BCUT2D eigenvalue weighted by Gasteiger charge is 2.33. The summed E-state index contributed by atoms with van der Waals surface area (Å²) in [6.45, 7) is 4.00. The Hall–Kier alpha value is -4.01. The molecule has 4 aromatic rings. The van der Waals surface area contributed by atoms with Gasteiger partial charge in [-0.1, -0.05) is 59.3 Å². The quantitative estimate of drug-likeness (QED) is 0.291. The molecule has 39 heavy (non-hydrogen) atoms. The van der Waals surface area contributed by atoms with E-state index in [1.54, 1.807) is 32.1 Å². The summed E-state index contributed by atoms with van der Waals surface area (Å²) in [4.78, 5) is 31.6. The third kappa shape index (κ3) is 5.72. The summed E-state index contributed by atoms with van der Waals surface area (Å²) in [5, 5.41) is 0.671. The first-order valence-electron chi connectivity index (χ1n) is 12.3. The van der Waals surface area contributed by atoms with Crippen molar-refractivity contribution in [3.63, 3.8) is 0 Å². The van der Waals surface area contributed by atoms with Crippen LogP contribution in [-0.2, 0) is 16.1 Å². The predicted molar refractivity (Wildman–Crippen MR) is 149 cm³/mol. The SMILES string of the molecule is CCOC(=O)C1=C(C)N=c2s/c(=C\c3ccc(OCc4ccc(Cl)cc4)cc3)c(=O)n2[C@H]1c1ccc(F)cc1. The van der Waals surface area contributed by atoms with Gasteiger partial charge in [-0.05, 0) is 73.0 Å². The lowest BCUT2D eigenvalue weighted by molar-refractivity contribution is -0.139. The lowest BCUT2D eigenvalue weighted by Crippen LogP contribution is -2.39. The van der Waals surface area contributed by atoms with Gasteiger partial charge in [0, 0.05) is 5.02 Å². The summed E-state index contributed by atoms with van der Waals surface area (Å²) >= 11 is 7.16. The van der Waals surface area contributed by atoms with Crippen LogP contribution in [0.25, 0.3) is 6.08 Å². The second-order valence-electron chi connectivity index (χ2n) is 8.84. The number of allylic oxidation sites excluding steroid dienone is 1. The zero-order valence-electron chi connectivity index (χ0n) is 21.2. The largest absolute Gasteiger partial charge is 0.489 e. The Morgan fingerprint density at radius 3 is 2.44 bits per heavy atom. The van der Waals surface area contributed by atoms with Gasteiger partial charge in [0.2, 0.25) is 0 Å². The summed E-state index contributed by atoms with van der Waals surface area (Å²) < 4.78 is 26.8. The van der Waals surface area contributed by atoms with Gasteiger partial charge >= 0.3 is 5.97 Å². The Balaban J connectivity index is 1.48. The molecule has 0 unspecified atom stereocenters. The predicted octanol–water partition coefficient (Wildman–Crippen LogP) is 5.17. The fourth-order valence-corrected chi connectivity index (χ4v) is 5.48. The molecule has 1 atom stereocenters. The normalized spacial score (nSPS) is 15.1. The van der Waals surface area contributed by atoms with Crippen molar-refractivity contribution in [1.82, 2.24) is 4.57 Å². The Kier molecular flexibility index (Phi) is 7.77. The number of ether oxygens (including phenoxy) is 2. The van der Waals surface area contributed by atoms with Crippen LogP contribution in [0.4, 0.5) is 4.39 Å². The van der Waals surface area contributed by atoms with Gasteiger partial charge in [-0.25, -0.2) is 14.2 Å². The molecule has 1 aromatic heterocycles. The minimum absolute atomic E-state index is 0.176. The molecule has 0 radical (unpaired) electrons. The molecular formula is C30H24ClFN2O4S. The Morgan fingerprint density at radius 1 is 1.08 bits per heavy atom. The molecule has 0 saturated heterocycles. The van der Waals surface area contributed by atoms with Gasteiger partial charge in [-0.3, -0.25) is 9.36 Å². The van der Waals surface area contributed by atoms with Crippen LogP contribution >= 0.6 is 22.9 Å². The van der Waals surface area contributed by atoms with Crippen LogP contribution < -0.4 is 19.6 Å². The van der Waals surface area contributed by atoms with E-state index >= 15 is 0 Å². The van der Waals surface area contributed by atoms with Crippen molar-refractivity contribution < 1.29 is 18.7 Å². The monoisotopic (exact) mass is 562 g/mol. The summed E-state index contributed by atoms with van der Waals surface area (Å²) in [6.07, 6.45) is 1.78. The van der Waals surface area contributed by atoms with E-state index in [-0.39, 0.29) is 17.7 Å². The maximum absolute atomic E-state index is 13.7. The Labute approximate surface area is 232 Å². The van der Waals surface area contributed by atoms with Gasteiger partial charge < -0.3 is 9.47 Å². The Morgan fingerprint density at radius 2 is 1.77 bits per heavy atom. The summed E-state index contributed by atoms with van der Waals surface area (Å²) in [7, 11) is 0. The van der Waals surface area contributed by atoms with Crippen LogP contribution in [0.2, 0.25) is 5.02 Å². The summed E-state index contributed by atoms with van der Waals surface area (Å²) in [5.41, 5.74) is 2.80. The van der Waals surface area contributed by atoms with Gasteiger partial charge in [-0.15, -0.1) is 0 Å². The van der Waals surface area contributed by atoms with Gasteiger partial charge in [0.1, 0.15) is 18.2 Å². The first kappa shape index (κ1) is 26.6. The van der Waals surface area contributed by atoms with Crippen molar-refractivity contribution in [3.05, 3.63) is 131 Å². The van der Waals surface area contributed by atoms with Crippen LogP contribution in [0.1, 0.15) is 36.6 Å². The molecule has 3 aromatic carbocycles. The molecule has 1 aliphatic rings. The standard InChI is InChI=1S/C30H24ClFN2O4S/c1-3-37-29(36)26-18(2)33-30-34(27(26)21-8-12-23(32)13-9-21)28(35)25(39-30)16-19-6-14-24(15-7-19)38-17-20-4-10-22(31)11-5-20/h4-16,27H,3,17H2,1-2H3/b25-16-/t27-/m0/s1. The van der Waals surface area contributed by atoms with E-state index in [9.17, 15) is 14.0 Å². The number of hydrogen-bond donors (Lipinski definition) is 0. The third-order valence-corrected chi connectivity index (χ3v) is 7.43.